The van der Waals surface area contributed by atoms with Gasteiger partial charge >= 0.3 is 0 Å². The molecule has 22 heavy (non-hydrogen) atoms. The number of carbonyl (C=O) groups excluding carboxylic acids is 1. The highest BCUT2D eigenvalue weighted by Crippen LogP contribution is 2.29. The molecule has 0 aromatic carbocycles. The van der Waals surface area contributed by atoms with Crippen LogP contribution < -0.4 is 10.6 Å². The van der Waals surface area contributed by atoms with Crippen LogP contribution in [0.2, 0.25) is 0 Å². The van der Waals surface area contributed by atoms with E-state index < -0.39 is 0 Å². The minimum absolute atomic E-state index is 0.0183. The normalized spacial score (nSPS) is 18.2. The van der Waals surface area contributed by atoms with E-state index in [9.17, 15) is 4.79 Å². The molecule has 5 nitrogen and oxygen atoms in total. The van der Waals surface area contributed by atoms with Crippen LogP contribution >= 0.6 is 11.3 Å². The van der Waals surface area contributed by atoms with Gasteiger partial charge in [0.1, 0.15) is 4.88 Å². The zero-order valence-corrected chi connectivity index (χ0v) is 14.8. The first-order chi connectivity index (χ1) is 10.4. The molecule has 2 rings (SSSR count). The Morgan fingerprint density at radius 2 is 2.14 bits per heavy atom. The van der Waals surface area contributed by atoms with Gasteiger partial charge in [-0.1, -0.05) is 20.8 Å². The summed E-state index contributed by atoms with van der Waals surface area (Å²) < 4.78 is 5.38. The fraction of sp³-hybridized carbons (Fsp3) is 0.750. The minimum atomic E-state index is -0.0259. The summed E-state index contributed by atoms with van der Waals surface area (Å²) in [5.74, 6) is -0.0259. The summed E-state index contributed by atoms with van der Waals surface area (Å²) in [6, 6.07) is 0. The van der Waals surface area contributed by atoms with Gasteiger partial charge in [0.25, 0.3) is 5.91 Å². The van der Waals surface area contributed by atoms with Gasteiger partial charge < -0.3 is 15.4 Å². The number of methoxy groups -OCH3 is 1. The van der Waals surface area contributed by atoms with Crippen LogP contribution in [0.5, 0.6) is 0 Å². The molecular formula is C16H27N3O2S. The Morgan fingerprint density at radius 3 is 2.68 bits per heavy atom. The zero-order chi connectivity index (χ0) is 16.2. The van der Waals surface area contributed by atoms with Gasteiger partial charge in [0, 0.05) is 24.5 Å². The van der Waals surface area contributed by atoms with Gasteiger partial charge in [-0.25, -0.2) is 4.98 Å². The molecule has 1 aliphatic heterocycles. The number of hydrogen-bond donors (Lipinski definition) is 2. The predicted octanol–water partition coefficient (Wildman–Crippen LogP) is 2.19. The van der Waals surface area contributed by atoms with Crippen LogP contribution in [-0.4, -0.2) is 44.2 Å². The van der Waals surface area contributed by atoms with E-state index in [1.807, 2.05) is 0 Å². The Bertz CT molecular complexity index is 496. The Labute approximate surface area is 136 Å². The van der Waals surface area contributed by atoms with Gasteiger partial charge in [-0.15, -0.1) is 11.3 Å². The van der Waals surface area contributed by atoms with Crippen molar-refractivity contribution < 1.29 is 9.53 Å². The summed E-state index contributed by atoms with van der Waals surface area (Å²) in [4.78, 5) is 17.4. The summed E-state index contributed by atoms with van der Waals surface area (Å²) in [7, 11) is 1.73. The van der Waals surface area contributed by atoms with E-state index in [1.165, 1.54) is 11.3 Å². The number of amides is 1. The van der Waals surface area contributed by atoms with E-state index in [0.717, 1.165) is 30.9 Å². The second kappa shape index (κ2) is 7.06. The van der Waals surface area contributed by atoms with E-state index in [2.05, 4.69) is 36.4 Å². The Balaban J connectivity index is 1.97. The van der Waals surface area contributed by atoms with Gasteiger partial charge in [-0.2, -0.15) is 0 Å². The number of thiazole rings is 1. The van der Waals surface area contributed by atoms with Gasteiger partial charge in [0.05, 0.1) is 17.8 Å². The number of hydrogen-bond acceptors (Lipinski definition) is 5. The molecule has 1 aromatic heterocycles. The Hall–Kier alpha value is -0.980. The maximum atomic E-state index is 12.4. The lowest BCUT2D eigenvalue weighted by Gasteiger charge is -2.37. The summed E-state index contributed by atoms with van der Waals surface area (Å²) in [5, 5.41) is 7.44. The Morgan fingerprint density at radius 1 is 1.45 bits per heavy atom. The number of ether oxygens (including phenoxy) is 1. The van der Waals surface area contributed by atoms with Crippen LogP contribution in [0.4, 0.5) is 0 Å². The summed E-state index contributed by atoms with van der Waals surface area (Å²) in [6.07, 6.45) is 3.74. The number of aromatic nitrogens is 1. The quantitative estimate of drug-likeness (QED) is 0.871. The molecule has 1 fully saturated rings. The molecule has 1 aliphatic rings. The van der Waals surface area contributed by atoms with Gasteiger partial charge in [-0.05, 0) is 25.9 Å². The highest BCUT2D eigenvalue weighted by atomic mass is 32.1. The molecule has 2 heterocycles. The summed E-state index contributed by atoms with van der Waals surface area (Å²) >= 11 is 1.48. The second-order valence-corrected chi connectivity index (χ2v) is 8.18. The molecule has 0 spiro atoms. The number of nitrogens with one attached hydrogen (secondary N) is 2. The largest absolute Gasteiger partial charge is 0.384 e. The summed E-state index contributed by atoms with van der Waals surface area (Å²) in [6.45, 7) is 9.62. The summed E-state index contributed by atoms with van der Waals surface area (Å²) in [5.41, 5.74) is 0.0305. The van der Waals surface area contributed by atoms with Crippen molar-refractivity contribution in [3.8, 4) is 0 Å². The smallest absolute Gasteiger partial charge is 0.263 e. The van der Waals surface area contributed by atoms with Crippen molar-refractivity contribution in [2.75, 3.05) is 33.4 Å². The molecule has 0 radical (unpaired) electrons. The fourth-order valence-electron chi connectivity index (χ4n) is 2.72. The third kappa shape index (κ3) is 4.27. The molecule has 6 heteroatoms. The molecule has 2 N–H and O–H groups in total. The van der Waals surface area contributed by atoms with Crippen LogP contribution in [0.1, 0.15) is 48.3 Å². The van der Waals surface area contributed by atoms with Crippen LogP contribution in [0.3, 0.4) is 0 Å². The third-order valence-corrected chi connectivity index (χ3v) is 5.53. The first kappa shape index (κ1) is 17.4. The van der Waals surface area contributed by atoms with Gasteiger partial charge in [0.2, 0.25) is 0 Å². The van der Waals surface area contributed by atoms with E-state index in [0.29, 0.717) is 18.0 Å². The average Bonchev–Trinajstić information content (AvgIpc) is 2.96. The zero-order valence-electron chi connectivity index (χ0n) is 14.0. The van der Waals surface area contributed by atoms with E-state index in [4.69, 9.17) is 4.74 Å². The molecule has 0 unspecified atom stereocenters. The number of carbonyl (C=O) groups is 1. The lowest BCUT2D eigenvalue weighted by atomic mass is 9.79. The first-order valence-electron chi connectivity index (χ1n) is 7.80. The van der Waals surface area contributed by atoms with E-state index in [1.54, 1.807) is 13.3 Å². The predicted molar refractivity (Wildman–Crippen MR) is 89.6 cm³/mol. The van der Waals surface area contributed by atoms with Gasteiger partial charge in [-0.3, -0.25) is 4.79 Å². The van der Waals surface area contributed by atoms with E-state index >= 15 is 0 Å². The van der Waals surface area contributed by atoms with Crippen molar-refractivity contribution in [1.29, 1.82) is 0 Å². The molecule has 0 aliphatic carbocycles. The van der Waals surface area contributed by atoms with Crippen molar-refractivity contribution in [2.45, 2.75) is 39.0 Å². The topological polar surface area (TPSA) is 63.2 Å². The highest BCUT2D eigenvalue weighted by molar-refractivity contribution is 7.13. The van der Waals surface area contributed by atoms with Crippen molar-refractivity contribution in [3.63, 3.8) is 0 Å². The highest BCUT2D eigenvalue weighted by Gasteiger charge is 2.32. The monoisotopic (exact) mass is 325 g/mol. The van der Waals surface area contributed by atoms with Crippen LogP contribution in [-0.2, 0) is 10.2 Å². The van der Waals surface area contributed by atoms with Crippen molar-refractivity contribution >= 4 is 17.2 Å². The molecule has 0 atom stereocenters. The SMILES string of the molecule is COCC1(CNC(=O)c2cnc(C(C)(C)C)s2)CCNCC1. The molecule has 124 valence electrons. The molecule has 0 saturated carbocycles. The van der Waals surface area contributed by atoms with Crippen LogP contribution in [0, 0.1) is 5.41 Å². The van der Waals surface area contributed by atoms with Crippen LogP contribution in [0.25, 0.3) is 0 Å². The minimum Gasteiger partial charge on any atom is -0.384 e. The van der Waals surface area contributed by atoms with Crippen molar-refractivity contribution in [1.82, 2.24) is 15.6 Å². The van der Waals surface area contributed by atoms with Crippen molar-refractivity contribution in [3.05, 3.63) is 16.1 Å². The maximum Gasteiger partial charge on any atom is 0.263 e. The number of nitrogens with zero attached hydrogens (tertiary/aromatic N) is 1. The van der Waals surface area contributed by atoms with Gasteiger partial charge in [0.15, 0.2) is 0 Å². The number of piperidine rings is 1. The average molecular weight is 325 g/mol. The molecule has 0 bridgehead atoms. The number of rotatable bonds is 5. The standard InChI is InChI=1S/C16H27N3O2S/c1-15(2,3)14-18-9-12(22-14)13(20)19-10-16(11-21-4)5-7-17-8-6-16/h9,17H,5-8,10-11H2,1-4H3,(H,19,20). The maximum absolute atomic E-state index is 12.4. The molecule has 1 aromatic rings. The molecule has 1 amide bonds. The second-order valence-electron chi connectivity index (χ2n) is 7.15. The molecule has 1 saturated heterocycles. The molecular weight excluding hydrogens is 298 g/mol. The lowest BCUT2D eigenvalue weighted by molar-refractivity contribution is 0.0512. The fourth-order valence-corrected chi connectivity index (χ4v) is 3.61. The first-order valence-corrected chi connectivity index (χ1v) is 8.62. The van der Waals surface area contributed by atoms with Crippen molar-refractivity contribution in [2.24, 2.45) is 5.41 Å². The lowest BCUT2D eigenvalue weighted by Crippen LogP contribution is -2.47. The Kier molecular flexibility index (Phi) is 5.58. The van der Waals surface area contributed by atoms with Crippen LogP contribution in [0.15, 0.2) is 6.20 Å². The van der Waals surface area contributed by atoms with E-state index in [-0.39, 0.29) is 16.7 Å². The third-order valence-electron chi connectivity index (χ3n) is 4.11.